The number of rotatable bonds is 3. The molecule has 0 amide bonds. The molecule has 88 valence electrons. The molecule has 2 N–H and O–H groups in total. The lowest BCUT2D eigenvalue weighted by molar-refractivity contribution is 0.000614. The Morgan fingerprint density at radius 1 is 1.38 bits per heavy atom. The summed E-state index contributed by atoms with van der Waals surface area (Å²) in [7, 11) is 0. The van der Waals surface area contributed by atoms with Gasteiger partial charge in [-0.15, -0.1) is 0 Å². The number of hydrogen-bond donors (Lipinski definition) is 1. The van der Waals surface area contributed by atoms with Crippen LogP contribution in [-0.2, 0) is 11.2 Å². The van der Waals surface area contributed by atoms with Crippen molar-refractivity contribution in [2.75, 3.05) is 6.61 Å². The summed E-state index contributed by atoms with van der Waals surface area (Å²) in [5.74, 6) is 0. The van der Waals surface area contributed by atoms with Crippen LogP contribution in [-0.4, -0.2) is 18.8 Å². The largest absolute Gasteiger partial charge is 0.377 e. The van der Waals surface area contributed by atoms with Crippen LogP contribution in [0, 0.1) is 6.92 Å². The Balaban J connectivity index is 1.96. The first kappa shape index (κ1) is 11.6. The first-order valence-electron chi connectivity index (χ1n) is 6.19. The molecule has 1 aromatic rings. The third-order valence-electron chi connectivity index (χ3n) is 3.41. The number of benzene rings is 1. The Hall–Kier alpha value is -0.860. The van der Waals surface area contributed by atoms with Gasteiger partial charge in [-0.3, -0.25) is 0 Å². The van der Waals surface area contributed by atoms with E-state index in [4.69, 9.17) is 10.5 Å². The van der Waals surface area contributed by atoms with E-state index >= 15 is 0 Å². The summed E-state index contributed by atoms with van der Waals surface area (Å²) >= 11 is 0. The van der Waals surface area contributed by atoms with Gasteiger partial charge in [0.25, 0.3) is 0 Å². The average molecular weight is 219 g/mol. The van der Waals surface area contributed by atoms with Crippen LogP contribution in [0.25, 0.3) is 0 Å². The van der Waals surface area contributed by atoms with E-state index in [9.17, 15) is 0 Å². The van der Waals surface area contributed by atoms with Crippen LogP contribution in [0.1, 0.15) is 30.4 Å². The van der Waals surface area contributed by atoms with Crippen molar-refractivity contribution in [3.05, 3.63) is 35.4 Å². The number of hydrogen-bond acceptors (Lipinski definition) is 2. The van der Waals surface area contributed by atoms with Gasteiger partial charge in [0.1, 0.15) is 0 Å². The molecular weight excluding hydrogens is 198 g/mol. The van der Waals surface area contributed by atoms with Crippen molar-refractivity contribution >= 4 is 0 Å². The van der Waals surface area contributed by atoms with E-state index in [1.54, 1.807) is 0 Å². The van der Waals surface area contributed by atoms with E-state index < -0.39 is 0 Å². The van der Waals surface area contributed by atoms with E-state index in [1.807, 2.05) is 0 Å². The molecule has 1 aliphatic rings. The van der Waals surface area contributed by atoms with Gasteiger partial charge >= 0.3 is 0 Å². The topological polar surface area (TPSA) is 35.2 Å². The smallest absolute Gasteiger partial charge is 0.0729 e. The third kappa shape index (κ3) is 2.83. The summed E-state index contributed by atoms with van der Waals surface area (Å²) in [6.07, 6.45) is 4.75. The van der Waals surface area contributed by atoms with Crippen molar-refractivity contribution in [1.82, 2.24) is 0 Å². The van der Waals surface area contributed by atoms with Crippen molar-refractivity contribution in [1.29, 1.82) is 0 Å². The fourth-order valence-corrected chi connectivity index (χ4v) is 2.33. The molecule has 16 heavy (non-hydrogen) atoms. The zero-order valence-electron chi connectivity index (χ0n) is 9.99. The molecule has 1 fully saturated rings. The first-order valence-corrected chi connectivity index (χ1v) is 6.19. The minimum absolute atomic E-state index is 0.140. The fourth-order valence-electron chi connectivity index (χ4n) is 2.33. The molecule has 1 aliphatic heterocycles. The van der Waals surface area contributed by atoms with Gasteiger partial charge in [-0.25, -0.2) is 0 Å². The highest BCUT2D eigenvalue weighted by Gasteiger charge is 2.21. The maximum Gasteiger partial charge on any atom is 0.0729 e. The van der Waals surface area contributed by atoms with Gasteiger partial charge in [0.05, 0.1) is 6.10 Å². The second-order valence-corrected chi connectivity index (χ2v) is 4.70. The molecule has 0 radical (unpaired) electrons. The van der Waals surface area contributed by atoms with Crippen LogP contribution in [0.4, 0.5) is 0 Å². The summed E-state index contributed by atoms with van der Waals surface area (Å²) in [5.41, 5.74) is 8.90. The van der Waals surface area contributed by atoms with Crippen molar-refractivity contribution in [2.45, 2.75) is 44.8 Å². The summed E-state index contributed by atoms with van der Waals surface area (Å²) in [5, 5.41) is 0. The SMILES string of the molecule is Cc1ccccc1CC(N)C1CCCCO1. The maximum atomic E-state index is 6.22. The number of aryl methyl sites for hydroxylation is 1. The van der Waals surface area contributed by atoms with Crippen LogP contribution < -0.4 is 5.73 Å². The molecule has 1 aromatic carbocycles. The summed E-state index contributed by atoms with van der Waals surface area (Å²) < 4.78 is 5.73. The molecule has 1 saturated heterocycles. The molecule has 2 atom stereocenters. The fraction of sp³-hybridized carbons (Fsp3) is 0.571. The van der Waals surface area contributed by atoms with Crippen molar-refractivity contribution in [2.24, 2.45) is 5.73 Å². The van der Waals surface area contributed by atoms with Crippen LogP contribution in [0.2, 0.25) is 0 Å². The molecular formula is C14H21NO. The van der Waals surface area contributed by atoms with E-state index in [0.29, 0.717) is 0 Å². The Morgan fingerprint density at radius 2 is 2.19 bits per heavy atom. The Kier molecular flexibility index (Phi) is 3.97. The Labute approximate surface area is 97.8 Å². The summed E-state index contributed by atoms with van der Waals surface area (Å²) in [4.78, 5) is 0. The normalized spacial score (nSPS) is 23.0. The second-order valence-electron chi connectivity index (χ2n) is 4.70. The predicted octanol–water partition coefficient (Wildman–Crippen LogP) is 2.43. The summed E-state index contributed by atoms with van der Waals surface area (Å²) in [6, 6.07) is 8.60. The monoisotopic (exact) mass is 219 g/mol. The van der Waals surface area contributed by atoms with Crippen LogP contribution >= 0.6 is 0 Å². The lowest BCUT2D eigenvalue weighted by Crippen LogP contribution is -2.40. The molecule has 1 heterocycles. The highest BCUT2D eigenvalue weighted by atomic mass is 16.5. The van der Waals surface area contributed by atoms with Gasteiger partial charge < -0.3 is 10.5 Å². The lowest BCUT2D eigenvalue weighted by atomic mass is 9.95. The maximum absolute atomic E-state index is 6.22. The molecule has 0 saturated carbocycles. The van der Waals surface area contributed by atoms with E-state index in [-0.39, 0.29) is 12.1 Å². The minimum atomic E-state index is 0.140. The molecule has 0 aliphatic carbocycles. The van der Waals surface area contributed by atoms with Gasteiger partial charge in [0.2, 0.25) is 0 Å². The second kappa shape index (κ2) is 5.46. The lowest BCUT2D eigenvalue weighted by Gasteiger charge is -2.28. The first-order chi connectivity index (χ1) is 7.77. The van der Waals surface area contributed by atoms with Crippen molar-refractivity contribution in [3.8, 4) is 0 Å². The van der Waals surface area contributed by atoms with Gasteiger partial charge in [0, 0.05) is 12.6 Å². The van der Waals surface area contributed by atoms with Gasteiger partial charge in [-0.1, -0.05) is 24.3 Å². The standard InChI is InChI=1S/C14H21NO/c1-11-6-2-3-7-12(11)10-13(15)14-8-4-5-9-16-14/h2-3,6-7,13-14H,4-5,8-10,15H2,1H3. The minimum Gasteiger partial charge on any atom is -0.377 e. The quantitative estimate of drug-likeness (QED) is 0.847. The Bertz CT molecular complexity index is 331. The van der Waals surface area contributed by atoms with Crippen molar-refractivity contribution < 1.29 is 4.74 Å². The molecule has 2 unspecified atom stereocenters. The molecule has 0 spiro atoms. The third-order valence-corrected chi connectivity index (χ3v) is 3.41. The Morgan fingerprint density at radius 3 is 2.88 bits per heavy atom. The van der Waals surface area contributed by atoms with Gasteiger partial charge in [0.15, 0.2) is 0 Å². The number of nitrogens with two attached hydrogens (primary N) is 1. The summed E-state index contributed by atoms with van der Waals surface area (Å²) in [6.45, 7) is 3.02. The predicted molar refractivity (Wildman–Crippen MR) is 66.4 cm³/mol. The van der Waals surface area contributed by atoms with Crippen LogP contribution in [0.3, 0.4) is 0 Å². The van der Waals surface area contributed by atoms with Crippen molar-refractivity contribution in [3.63, 3.8) is 0 Å². The van der Waals surface area contributed by atoms with Crippen LogP contribution in [0.15, 0.2) is 24.3 Å². The molecule has 0 bridgehead atoms. The van der Waals surface area contributed by atoms with Gasteiger partial charge in [-0.05, 0) is 43.7 Å². The zero-order valence-corrected chi connectivity index (χ0v) is 9.99. The van der Waals surface area contributed by atoms with Crippen LogP contribution in [0.5, 0.6) is 0 Å². The number of ether oxygens (including phenoxy) is 1. The van der Waals surface area contributed by atoms with Gasteiger partial charge in [-0.2, -0.15) is 0 Å². The highest BCUT2D eigenvalue weighted by Crippen LogP contribution is 2.18. The van der Waals surface area contributed by atoms with E-state index in [2.05, 4.69) is 31.2 Å². The molecule has 0 aromatic heterocycles. The molecule has 2 rings (SSSR count). The highest BCUT2D eigenvalue weighted by molar-refractivity contribution is 5.26. The van der Waals surface area contributed by atoms with E-state index in [1.165, 1.54) is 24.0 Å². The molecule has 2 nitrogen and oxygen atoms in total. The average Bonchev–Trinajstić information content (AvgIpc) is 2.33. The molecule has 2 heteroatoms. The zero-order chi connectivity index (χ0) is 11.4. The van der Waals surface area contributed by atoms with E-state index in [0.717, 1.165) is 19.4 Å².